The Hall–Kier alpha value is -3.80. The molecule has 0 aromatic heterocycles. The van der Waals surface area contributed by atoms with Gasteiger partial charge < -0.3 is 87.7 Å². The highest BCUT2D eigenvalue weighted by Crippen LogP contribution is 2.49. The van der Waals surface area contributed by atoms with E-state index in [1.165, 1.54) is 62.0 Å². The number of ether oxygens (including phenoxy) is 12. The summed E-state index contributed by atoms with van der Waals surface area (Å²) < 4.78 is 71.8. The molecule has 6 rings (SSSR count). The highest BCUT2D eigenvalue weighted by Gasteiger charge is 2.52. The molecule has 0 radical (unpaired) electrons. The van der Waals surface area contributed by atoms with Gasteiger partial charge in [-0.2, -0.15) is 10.7 Å². The molecule has 4 heterocycles. The van der Waals surface area contributed by atoms with Gasteiger partial charge in [0, 0.05) is 44.8 Å². The SMILES string of the molecule is C#C/C=C\C#C[C@H](O[C@@H]1O[C@H](C)[C@@H](NO[C@H]2C[C@H](O)[C@H](SC(=O)c3c(C)c(I)c(O[C@@H]4O[C@@H](C)[C@H](O)[C@@H](OC)[C@H]4O)c(OC)c3OC)[C@@H](C)O2)[C@H](O)[C@H]1O[C@H]1C[C@H](OC)[C@@H](NCC)CO1)C1=C(NC(=O)OC)C(=O)C[C@](C)(O)/C1=C/CSSC(C)(C)C#N. The van der Waals surface area contributed by atoms with E-state index >= 15 is 0 Å². The Labute approximate surface area is 539 Å². The zero-order chi connectivity index (χ0) is 64.9. The molecule has 488 valence electrons. The number of ketones is 1. The number of hydrogen-bond acceptors (Lipinski definition) is 27. The molecule has 1 amide bonds. The Kier molecular flexibility index (Phi) is 27.6. The summed E-state index contributed by atoms with van der Waals surface area (Å²) in [5, 5.41) is 72.2. The number of nitrogens with zero attached hydrogens (tertiary/aromatic N) is 1. The van der Waals surface area contributed by atoms with Gasteiger partial charge in [-0.05, 0) is 101 Å². The van der Waals surface area contributed by atoms with Crippen LogP contribution >= 0.6 is 55.9 Å². The second-order valence-corrected chi connectivity index (χ2v) is 27.0. The smallest absolute Gasteiger partial charge is 0.411 e. The second kappa shape index (κ2) is 33.2. The van der Waals surface area contributed by atoms with Crippen LogP contribution < -0.4 is 30.3 Å². The number of allylic oxidation sites excluding steroid dienone is 3. The molecule has 1 aliphatic carbocycles. The van der Waals surface area contributed by atoms with E-state index in [9.17, 15) is 45.2 Å². The summed E-state index contributed by atoms with van der Waals surface area (Å²) in [5.41, 5.74) is 1.35. The van der Waals surface area contributed by atoms with Gasteiger partial charge in [-0.1, -0.05) is 64.1 Å². The molecule has 29 heteroatoms. The van der Waals surface area contributed by atoms with E-state index in [4.69, 9.17) is 68.1 Å². The maximum absolute atomic E-state index is 14.5. The molecule has 4 saturated heterocycles. The summed E-state index contributed by atoms with van der Waals surface area (Å²) >= 11 is 2.81. The minimum absolute atomic E-state index is 0.0152. The molecule has 1 aromatic carbocycles. The van der Waals surface area contributed by atoms with Gasteiger partial charge in [0.1, 0.15) is 41.4 Å². The second-order valence-electron chi connectivity index (χ2n) is 21.9. The highest BCUT2D eigenvalue weighted by atomic mass is 127. The summed E-state index contributed by atoms with van der Waals surface area (Å²) in [7, 11) is 9.33. The van der Waals surface area contributed by atoms with Gasteiger partial charge in [-0.25, -0.2) is 4.79 Å². The molecule has 1 aromatic rings. The van der Waals surface area contributed by atoms with Crippen molar-refractivity contribution in [2.24, 2.45) is 0 Å². The zero-order valence-corrected chi connectivity index (χ0v) is 55.9. The lowest BCUT2D eigenvalue weighted by Crippen LogP contribution is -2.65. The van der Waals surface area contributed by atoms with Gasteiger partial charge in [-0.15, -0.1) is 6.42 Å². The van der Waals surface area contributed by atoms with Crippen molar-refractivity contribution in [1.82, 2.24) is 16.1 Å². The van der Waals surface area contributed by atoms with Crippen molar-refractivity contribution in [2.45, 2.75) is 195 Å². The first-order chi connectivity index (χ1) is 41.7. The highest BCUT2D eigenvalue weighted by molar-refractivity contribution is 14.1. The van der Waals surface area contributed by atoms with Gasteiger partial charge in [0.25, 0.3) is 0 Å². The van der Waals surface area contributed by atoms with Crippen LogP contribution in [0.15, 0.2) is 35.1 Å². The number of Topliss-reactive ketones (excluding diaryl/α,β-unsaturated/α-hetero) is 1. The van der Waals surface area contributed by atoms with E-state index < -0.39 is 137 Å². The average Bonchev–Trinajstić information content (AvgIpc) is 1.16. The number of nitriles is 1. The van der Waals surface area contributed by atoms with E-state index in [0.717, 1.165) is 18.9 Å². The van der Waals surface area contributed by atoms with Crippen LogP contribution in [0.1, 0.15) is 83.7 Å². The number of carbonyl (C=O) groups excluding carboxylic acids is 3. The number of carbonyl (C=O) groups is 3. The molecule has 0 bridgehead atoms. The fourth-order valence-corrected chi connectivity index (χ4v) is 14.4. The number of hydrogen-bond donors (Lipinski definition) is 8. The number of alkyl carbamates (subject to hydrolysis) is 1. The molecular formula is C59H81IN4O21S3. The minimum Gasteiger partial charge on any atom is -0.492 e. The van der Waals surface area contributed by atoms with Crippen molar-refractivity contribution in [3.63, 3.8) is 0 Å². The van der Waals surface area contributed by atoms with E-state index in [-0.39, 0.29) is 70.9 Å². The predicted molar refractivity (Wildman–Crippen MR) is 333 cm³/mol. The monoisotopic (exact) mass is 1400 g/mol. The molecule has 0 saturated carbocycles. The Bertz CT molecular complexity index is 2850. The predicted octanol–water partition coefficient (Wildman–Crippen LogP) is 3.86. The molecule has 0 spiro atoms. The lowest BCUT2D eigenvalue weighted by Gasteiger charge is -2.46. The summed E-state index contributed by atoms with van der Waals surface area (Å²) in [6.45, 7) is 14.2. The minimum atomic E-state index is -1.86. The number of terminal acetylenes is 1. The number of hydroxylamine groups is 1. The van der Waals surface area contributed by atoms with Crippen LogP contribution in [0.2, 0.25) is 0 Å². The van der Waals surface area contributed by atoms with Gasteiger partial charge >= 0.3 is 6.09 Å². The summed E-state index contributed by atoms with van der Waals surface area (Å²) in [6.07, 6.45) is -9.04. The first-order valence-electron chi connectivity index (χ1n) is 28.3. The Morgan fingerprint density at radius 3 is 2.26 bits per heavy atom. The molecule has 88 heavy (non-hydrogen) atoms. The number of nitrogens with one attached hydrogen (secondary N) is 3. The number of aliphatic hydroxyl groups excluding tert-OH is 4. The van der Waals surface area contributed by atoms with Crippen molar-refractivity contribution in [3.05, 3.63) is 49.8 Å². The standard InChI is InChI=1S/C59H81IN4O21S3/c1-15-17-18-19-20-36(41-32(21-22-86-88-58(7,8)27-61)59(9,72)25-35(66)44(41)63-57(71)77-14)82-56-51(83-38-24-37(73-10)33(26-78-38)62-16-2)46(68)43(29(4)80-56)64-85-39-23-34(65)53(31(6)79-39)87-54(70)40-28(3)42(60)49(52(76-13)48(40)74-11)84-55-47(69)50(75-12)45(67)30(5)81-55/h1,17-18,21,29-31,33-34,36-39,43,45-47,50-51,53,55-56,62,64-65,67-69,72H,16,22-26H2,2-14H3,(H,63,71)/b18-17-,32-21+/t29-,30+,31-,33+,34+,36+,37+,38+,39+,43-,45+,46+,47-,50-,51-,53-,55+,56+,59+/m1/s1. The van der Waals surface area contributed by atoms with Crippen LogP contribution in [0.25, 0.3) is 0 Å². The number of amides is 1. The summed E-state index contributed by atoms with van der Waals surface area (Å²) in [4.78, 5) is 47.7. The number of likely N-dealkylation sites (N-methyl/N-ethyl adjacent to an activating group) is 1. The maximum Gasteiger partial charge on any atom is 0.411 e. The molecule has 19 atom stereocenters. The number of rotatable bonds is 23. The number of thioether (sulfide) groups is 1. The molecule has 0 unspecified atom stereocenters. The third-order valence-electron chi connectivity index (χ3n) is 15.1. The van der Waals surface area contributed by atoms with Crippen LogP contribution in [-0.2, 0) is 52.3 Å². The number of aliphatic hydroxyl groups is 5. The van der Waals surface area contributed by atoms with Crippen LogP contribution in [0.3, 0.4) is 0 Å². The zero-order valence-electron chi connectivity index (χ0n) is 51.3. The van der Waals surface area contributed by atoms with Crippen LogP contribution in [0.4, 0.5) is 4.79 Å². The molecular weight excluding hydrogens is 1320 g/mol. The quantitative estimate of drug-likeness (QED) is 0.0254. The summed E-state index contributed by atoms with van der Waals surface area (Å²) in [5.74, 6) is 7.81. The van der Waals surface area contributed by atoms with Crippen molar-refractivity contribution >= 4 is 72.9 Å². The lowest BCUT2D eigenvalue weighted by molar-refractivity contribution is -0.336. The van der Waals surface area contributed by atoms with Gasteiger partial charge in [0.15, 0.2) is 36.2 Å². The fourth-order valence-electron chi connectivity index (χ4n) is 10.6. The lowest BCUT2D eigenvalue weighted by atomic mass is 9.76. The van der Waals surface area contributed by atoms with Gasteiger partial charge in [-0.3, -0.25) is 19.7 Å². The van der Waals surface area contributed by atoms with E-state index in [1.54, 1.807) is 54.7 Å². The normalized spacial score (nSPS) is 33.6. The van der Waals surface area contributed by atoms with Crippen molar-refractivity contribution < 1.29 is 102 Å². The molecule has 8 N–H and O–H groups in total. The van der Waals surface area contributed by atoms with Crippen LogP contribution in [0.5, 0.6) is 17.2 Å². The largest absolute Gasteiger partial charge is 0.492 e. The summed E-state index contributed by atoms with van der Waals surface area (Å²) in [6, 6.07) is 0.898. The van der Waals surface area contributed by atoms with Crippen molar-refractivity contribution in [2.75, 3.05) is 54.5 Å². The van der Waals surface area contributed by atoms with Crippen LogP contribution in [-0.4, -0.2) is 217 Å². The van der Waals surface area contributed by atoms with Gasteiger partial charge in [0.05, 0.1) is 102 Å². The van der Waals surface area contributed by atoms with E-state index in [1.807, 2.05) is 29.5 Å². The maximum atomic E-state index is 14.5. The topological polar surface area (TPSA) is 332 Å². The Balaban J connectivity index is 1.27. The molecule has 5 aliphatic rings. The molecule has 4 fully saturated rings. The number of methoxy groups -OCH3 is 5. The third kappa shape index (κ3) is 17.7. The number of halogens is 1. The third-order valence-corrected chi connectivity index (χ3v) is 20.8. The first kappa shape index (κ1) is 73.3. The Morgan fingerprint density at radius 1 is 0.932 bits per heavy atom. The number of benzene rings is 1. The average molecular weight is 1410 g/mol. The van der Waals surface area contributed by atoms with Crippen molar-refractivity contribution in [1.29, 1.82) is 5.26 Å². The Morgan fingerprint density at radius 2 is 1.64 bits per heavy atom. The molecule has 4 aliphatic heterocycles. The molecule has 25 nitrogen and oxygen atoms in total. The van der Waals surface area contributed by atoms with E-state index in [2.05, 4.69) is 39.9 Å². The first-order valence-corrected chi connectivity index (χ1v) is 32.6. The van der Waals surface area contributed by atoms with E-state index in [0.29, 0.717) is 15.7 Å². The van der Waals surface area contributed by atoms with Gasteiger partial charge in [0.2, 0.25) is 17.2 Å². The van der Waals surface area contributed by atoms with Crippen LogP contribution in [0, 0.1) is 46.0 Å². The fraction of sp³-hybridized carbons (Fsp3) is 0.661. The van der Waals surface area contributed by atoms with Crippen molar-refractivity contribution in [3.8, 4) is 47.5 Å².